The van der Waals surface area contributed by atoms with Crippen molar-refractivity contribution in [2.75, 3.05) is 244 Å². The highest BCUT2D eigenvalue weighted by Crippen LogP contribution is 2.29. The first kappa shape index (κ1) is 98.8. The van der Waals surface area contributed by atoms with Crippen molar-refractivity contribution in [3.05, 3.63) is 58.7 Å². The number of carboxylic acids is 1. The van der Waals surface area contributed by atoms with Crippen LogP contribution in [-0.4, -0.2) is 376 Å². The lowest BCUT2D eigenvalue weighted by Gasteiger charge is -2.38. The Hall–Kier alpha value is -6.27. The fourth-order valence-electron chi connectivity index (χ4n) is 9.18. The van der Waals surface area contributed by atoms with Gasteiger partial charge < -0.3 is 151 Å². The molecule has 0 unspecified atom stereocenters. The van der Waals surface area contributed by atoms with Gasteiger partial charge in [0, 0.05) is 46.6 Å². The van der Waals surface area contributed by atoms with Gasteiger partial charge in [0.05, 0.1) is 223 Å². The topological polar surface area (TPSA) is 517 Å². The lowest BCUT2D eigenvalue weighted by atomic mass is 9.99. The minimum Gasteiger partial charge on any atom is -0.479 e. The summed E-state index contributed by atoms with van der Waals surface area (Å²) in [4.78, 5) is 83.8. The second-order valence-corrected chi connectivity index (χ2v) is 22.9. The standard InChI is InChI=1S/C67H110N4O34.CO2.CH4/c1-48(72)99-45-50-3-5-55(103-66-60(78)57(75)54(74)47-101-66)52(43-50)63(80)69-7-12-84-17-22-89-27-32-94-34-29-91-24-19-86-14-9-71(11-16-88-21-26-93-31-36-96-37-38-97-39-40-98-41-42-102-68)10-15-87-20-25-92-30-35-95-33-28-90-23-18-85-13-8-70-64(81)53-44-51(46-100-49(2)73)4-6-56(53)104-67-61(79)58(76)59(77)62(105-67)65(82)83;2-1-3;/h3-6,43-44,54,57-62,66-67,74-79H,7-42,45-47,68H2,1-2H3,(H,69,80)(H,70,81)(H,82,83);;1H4/t54-,57+,58+,59+,60-,61-,62+,66+,67-;;/m1../s1. The Balaban J connectivity index is 0.00000991. The molecule has 0 aliphatic carbocycles. The summed E-state index contributed by atoms with van der Waals surface area (Å²) in [5, 5.41) is 75.8. The minimum atomic E-state index is -1.94. The summed E-state index contributed by atoms with van der Waals surface area (Å²) >= 11 is 0. The first-order chi connectivity index (χ1) is 52.4. The molecule has 2 amide bonds. The van der Waals surface area contributed by atoms with E-state index < -0.39 is 85.0 Å². The van der Waals surface area contributed by atoms with Crippen LogP contribution in [0.3, 0.4) is 0 Å². The third kappa shape index (κ3) is 46.4. The molecule has 0 saturated carbocycles. The molecule has 2 saturated heterocycles. The number of hydrogen-bond donors (Lipinski definition) is 10. The summed E-state index contributed by atoms with van der Waals surface area (Å²) in [7, 11) is 0. The number of carbonyl (C=O) groups excluding carboxylic acids is 6. The fourth-order valence-corrected chi connectivity index (χ4v) is 9.18. The molecule has 2 aliphatic rings. The molecule has 9 atom stereocenters. The first-order valence-electron chi connectivity index (χ1n) is 35.1. The highest BCUT2D eigenvalue weighted by Gasteiger charge is 2.48. The number of rotatable bonds is 65. The van der Waals surface area contributed by atoms with Gasteiger partial charge in [-0.05, 0) is 35.4 Å². The van der Waals surface area contributed by atoms with Gasteiger partial charge in [-0.2, -0.15) is 9.59 Å². The average Bonchev–Trinajstić information content (AvgIpc) is 0.806. The van der Waals surface area contributed by atoms with Gasteiger partial charge in [-0.25, -0.2) is 10.7 Å². The molecule has 2 aromatic rings. The number of ether oxygens (including phenoxy) is 21. The Morgan fingerprint density at radius 1 is 0.440 bits per heavy atom. The Kier molecular flexibility index (Phi) is 58.3. The molecule has 2 fully saturated rings. The van der Waals surface area contributed by atoms with E-state index in [1.54, 1.807) is 6.07 Å². The number of nitrogens with two attached hydrogens (primary N) is 1. The van der Waals surface area contributed by atoms with E-state index in [-0.39, 0.29) is 109 Å². The quantitative estimate of drug-likeness (QED) is 0.0175. The molecule has 109 heavy (non-hydrogen) atoms. The highest BCUT2D eigenvalue weighted by molar-refractivity contribution is 5.97. The molecule has 626 valence electrons. The summed E-state index contributed by atoms with van der Waals surface area (Å²) < 4.78 is 116. The van der Waals surface area contributed by atoms with Crippen LogP contribution in [-0.2, 0) is 132 Å². The van der Waals surface area contributed by atoms with Crippen LogP contribution in [0.4, 0.5) is 0 Å². The van der Waals surface area contributed by atoms with Crippen LogP contribution in [0.2, 0.25) is 0 Å². The van der Waals surface area contributed by atoms with Crippen LogP contribution in [0.5, 0.6) is 11.5 Å². The van der Waals surface area contributed by atoms with Crippen molar-refractivity contribution in [1.29, 1.82) is 0 Å². The number of carbonyl (C=O) groups is 5. The van der Waals surface area contributed by atoms with Crippen molar-refractivity contribution in [3.63, 3.8) is 0 Å². The van der Waals surface area contributed by atoms with Crippen LogP contribution in [0.25, 0.3) is 0 Å². The van der Waals surface area contributed by atoms with E-state index in [1.165, 1.54) is 44.2 Å². The van der Waals surface area contributed by atoms with Crippen molar-refractivity contribution in [1.82, 2.24) is 15.5 Å². The molecule has 2 aromatic carbocycles. The number of nitrogens with one attached hydrogen (secondary N) is 2. The van der Waals surface area contributed by atoms with Crippen molar-refractivity contribution >= 4 is 35.9 Å². The van der Waals surface area contributed by atoms with E-state index in [0.717, 1.165) is 0 Å². The SMILES string of the molecule is C.CC(=O)OCc1ccc(O[C@@H]2O[C@H](C(=O)O)[C@@H](O)[C@H](O)[C@H]2O)c(C(=O)NCCOCCOCCOCCOCCOCCN(CCOCCOCCOCCOCCOCCNC(=O)c2cc(COC(C)=O)ccc2O[C@@H]2OC[C@@H](O)[C@H](O)[C@H]2O)CCOCCOCCOCCOCCOCCON)c1.O=C=O. The van der Waals surface area contributed by atoms with E-state index in [2.05, 4.69) is 20.4 Å². The van der Waals surface area contributed by atoms with Crippen LogP contribution in [0.15, 0.2) is 36.4 Å². The number of esters is 2. The number of benzene rings is 2. The average molecular weight is 1580 g/mol. The molecular formula is C69H114N4O36. The van der Waals surface area contributed by atoms with Crippen LogP contribution < -0.4 is 26.0 Å². The van der Waals surface area contributed by atoms with Crippen molar-refractivity contribution in [3.8, 4) is 11.5 Å². The fraction of sp³-hybridized carbons (Fsp3) is 0.739. The number of amides is 2. The summed E-state index contributed by atoms with van der Waals surface area (Å²) in [5.41, 5.74) is 0.872. The maximum atomic E-state index is 13.3. The van der Waals surface area contributed by atoms with Crippen LogP contribution in [0, 0.1) is 0 Å². The summed E-state index contributed by atoms with van der Waals surface area (Å²) in [6.07, 6.45) is -15.0. The maximum Gasteiger partial charge on any atom is 0.373 e. The van der Waals surface area contributed by atoms with Gasteiger partial charge in [0.2, 0.25) is 12.6 Å². The number of aliphatic carboxylic acids is 1. The molecular weight excluding hydrogens is 1460 g/mol. The van der Waals surface area contributed by atoms with Crippen LogP contribution >= 0.6 is 0 Å². The molecule has 2 aliphatic heterocycles. The van der Waals surface area contributed by atoms with E-state index in [0.29, 0.717) is 196 Å². The Labute approximate surface area is 633 Å². The number of aliphatic hydroxyl groups is 6. The third-order valence-corrected chi connectivity index (χ3v) is 14.7. The minimum absolute atomic E-state index is 0. The molecule has 0 bridgehead atoms. The van der Waals surface area contributed by atoms with Gasteiger partial charge in [-0.1, -0.05) is 19.6 Å². The monoisotopic (exact) mass is 1570 g/mol. The van der Waals surface area contributed by atoms with Gasteiger partial charge in [-0.15, -0.1) is 0 Å². The predicted octanol–water partition coefficient (Wildman–Crippen LogP) is -3.44. The lowest BCUT2D eigenvalue weighted by Crippen LogP contribution is -2.61. The number of nitrogens with zero attached hydrogens (tertiary/aromatic N) is 1. The summed E-state index contributed by atoms with van der Waals surface area (Å²) in [5.74, 6) is 0.956. The molecule has 40 nitrogen and oxygen atoms in total. The molecule has 40 heteroatoms. The molecule has 0 aromatic heterocycles. The number of hydrogen-bond acceptors (Lipinski definition) is 37. The normalized spacial score (nSPS) is 18.9. The number of aliphatic hydroxyl groups excluding tert-OH is 6. The van der Waals surface area contributed by atoms with Crippen molar-refractivity contribution in [2.24, 2.45) is 5.90 Å². The maximum absolute atomic E-state index is 13.3. The lowest BCUT2D eigenvalue weighted by molar-refractivity contribution is -0.271. The van der Waals surface area contributed by atoms with Crippen LogP contribution in [0.1, 0.15) is 53.1 Å². The summed E-state index contributed by atoms with van der Waals surface area (Å²) in [6, 6.07) is 8.65. The van der Waals surface area contributed by atoms with Gasteiger partial charge >= 0.3 is 24.1 Å². The highest BCUT2D eigenvalue weighted by atomic mass is 16.7. The second kappa shape index (κ2) is 64.3. The summed E-state index contributed by atoms with van der Waals surface area (Å²) in [6.45, 7) is 15.0. The molecule has 4 rings (SSSR count). The molecule has 0 radical (unpaired) electrons. The smallest absolute Gasteiger partial charge is 0.373 e. The zero-order valence-electron chi connectivity index (χ0n) is 61.2. The number of carboxylic acid groups (broad SMARTS) is 1. The van der Waals surface area contributed by atoms with Gasteiger partial charge in [0.15, 0.2) is 6.10 Å². The zero-order valence-corrected chi connectivity index (χ0v) is 61.2. The largest absolute Gasteiger partial charge is 0.479 e. The van der Waals surface area contributed by atoms with Gasteiger partial charge in [0.25, 0.3) is 11.8 Å². The van der Waals surface area contributed by atoms with E-state index >= 15 is 0 Å². The Bertz CT molecular complexity index is 2730. The Morgan fingerprint density at radius 2 is 0.743 bits per heavy atom. The molecule has 0 spiro atoms. The van der Waals surface area contributed by atoms with Gasteiger partial charge in [-0.3, -0.25) is 24.1 Å². The van der Waals surface area contributed by atoms with E-state index in [9.17, 15) is 59.7 Å². The Morgan fingerprint density at radius 3 is 1.06 bits per heavy atom. The van der Waals surface area contributed by atoms with Crippen molar-refractivity contribution in [2.45, 2.75) is 89.8 Å². The zero-order chi connectivity index (χ0) is 78.6. The third-order valence-electron chi connectivity index (χ3n) is 14.7. The molecule has 2 heterocycles. The van der Waals surface area contributed by atoms with E-state index in [4.69, 9.17) is 115 Å². The second-order valence-electron chi connectivity index (χ2n) is 22.9. The molecule has 11 N–H and O–H groups in total. The van der Waals surface area contributed by atoms with E-state index in [1.807, 2.05) is 0 Å². The first-order valence-corrected chi connectivity index (χ1v) is 35.1. The van der Waals surface area contributed by atoms with Gasteiger partial charge in [0.1, 0.15) is 61.3 Å². The van der Waals surface area contributed by atoms with Crippen molar-refractivity contribution < 1.29 is 174 Å². The predicted molar refractivity (Wildman–Crippen MR) is 372 cm³/mol.